The highest BCUT2D eigenvalue weighted by Crippen LogP contribution is 2.16. The number of aromatic nitrogens is 2. The molecule has 0 unspecified atom stereocenters. The number of allylic oxidation sites excluding steroid dienone is 3. The molecule has 0 aromatic carbocycles. The smallest absolute Gasteiger partial charge is 0.232 e. The van der Waals surface area contributed by atoms with Gasteiger partial charge < -0.3 is 4.74 Å². The molecule has 2 aliphatic heterocycles. The summed E-state index contributed by atoms with van der Waals surface area (Å²) in [6.45, 7) is 4.28. The van der Waals surface area contributed by atoms with Crippen molar-refractivity contribution in [2.24, 2.45) is 9.98 Å². The summed E-state index contributed by atoms with van der Waals surface area (Å²) < 4.78 is 5.62. The van der Waals surface area contributed by atoms with Crippen LogP contribution in [0.25, 0.3) is 6.08 Å². The van der Waals surface area contributed by atoms with Gasteiger partial charge >= 0.3 is 0 Å². The van der Waals surface area contributed by atoms with Gasteiger partial charge in [-0.2, -0.15) is 4.99 Å². The van der Waals surface area contributed by atoms with Gasteiger partial charge in [-0.3, -0.25) is 4.99 Å². The van der Waals surface area contributed by atoms with Gasteiger partial charge in [0.05, 0.1) is 18.1 Å². The number of aliphatic imine (C=N–C) groups is 1. The van der Waals surface area contributed by atoms with E-state index in [1.54, 1.807) is 18.3 Å². The highest BCUT2D eigenvalue weighted by Gasteiger charge is 2.09. The fraction of sp³-hybridized carbons (Fsp3) is 0.0714. The highest BCUT2D eigenvalue weighted by atomic mass is 16.5. The summed E-state index contributed by atoms with van der Waals surface area (Å²) in [4.78, 5) is 16.7. The van der Waals surface area contributed by atoms with Crippen LogP contribution in [0.3, 0.4) is 0 Å². The maximum Gasteiger partial charge on any atom is 0.232 e. The first-order valence-electron chi connectivity index (χ1n) is 5.71. The van der Waals surface area contributed by atoms with E-state index in [1.165, 1.54) is 6.33 Å². The molecule has 0 aliphatic carbocycles. The molecule has 1 aromatic rings. The fourth-order valence-corrected chi connectivity index (χ4v) is 1.70. The van der Waals surface area contributed by atoms with Crippen LogP contribution in [-0.2, 0) is 4.74 Å². The first kappa shape index (κ1) is 11.3. The predicted octanol–water partition coefficient (Wildman–Crippen LogP) is 0.428. The SMILES string of the molecule is C=C1/C=c2/ncncc2=NCC2=C(N=C=CC=C2)O1. The number of hydrogen-bond acceptors (Lipinski definition) is 5. The molecule has 2 aliphatic rings. The molecule has 5 heteroatoms. The van der Waals surface area contributed by atoms with Crippen molar-refractivity contribution in [3.8, 4) is 0 Å². The maximum absolute atomic E-state index is 5.62. The Labute approximate surface area is 109 Å². The molecule has 0 fully saturated rings. The molecule has 19 heavy (non-hydrogen) atoms. The van der Waals surface area contributed by atoms with Crippen molar-refractivity contribution in [3.05, 3.63) is 65.3 Å². The van der Waals surface area contributed by atoms with Crippen molar-refractivity contribution in [3.63, 3.8) is 0 Å². The molecule has 0 saturated carbocycles. The lowest BCUT2D eigenvalue weighted by molar-refractivity contribution is 0.321. The van der Waals surface area contributed by atoms with Gasteiger partial charge in [-0.1, -0.05) is 18.7 Å². The Morgan fingerprint density at radius 2 is 2.32 bits per heavy atom. The molecule has 3 heterocycles. The molecule has 0 N–H and O–H groups in total. The molecule has 0 amide bonds. The monoisotopic (exact) mass is 250 g/mol. The van der Waals surface area contributed by atoms with Crippen LogP contribution in [0, 0.1) is 0 Å². The lowest BCUT2D eigenvalue weighted by Crippen LogP contribution is -2.29. The normalized spacial score (nSPS) is 18.7. The van der Waals surface area contributed by atoms with Crippen molar-refractivity contribution >= 4 is 11.9 Å². The van der Waals surface area contributed by atoms with E-state index in [-0.39, 0.29) is 0 Å². The summed E-state index contributed by atoms with van der Waals surface area (Å²) in [5.74, 6) is 3.67. The third-order valence-electron chi connectivity index (χ3n) is 2.58. The van der Waals surface area contributed by atoms with Crippen molar-refractivity contribution < 1.29 is 4.74 Å². The lowest BCUT2D eigenvalue weighted by Gasteiger charge is -2.06. The minimum absolute atomic E-state index is 0.437. The molecule has 0 radical (unpaired) electrons. The van der Waals surface area contributed by atoms with Gasteiger partial charge in [-0.25, -0.2) is 9.97 Å². The standard InChI is InChI=1S/C14H10N4O/c1-10-6-12-13(8-15-9-18-12)17-7-11-4-2-3-5-16-14(11)19-10/h2-4,6,8-9H,1,7H2/b12-6+,17-13?. The van der Waals surface area contributed by atoms with Gasteiger partial charge in [-0.15, -0.1) is 0 Å². The van der Waals surface area contributed by atoms with Crippen LogP contribution in [0.2, 0.25) is 0 Å². The Hall–Kier alpha value is -2.78. The molecule has 1 aromatic heterocycles. The topological polar surface area (TPSA) is 59.7 Å². The summed E-state index contributed by atoms with van der Waals surface area (Å²) in [5.41, 5.74) is 0.854. The number of rotatable bonds is 0. The Morgan fingerprint density at radius 3 is 3.26 bits per heavy atom. The van der Waals surface area contributed by atoms with Gasteiger partial charge in [0.1, 0.15) is 17.4 Å². The second-order valence-corrected chi connectivity index (χ2v) is 3.92. The van der Waals surface area contributed by atoms with E-state index in [0.717, 1.165) is 5.57 Å². The van der Waals surface area contributed by atoms with Crippen LogP contribution < -0.4 is 10.7 Å². The summed E-state index contributed by atoms with van der Waals surface area (Å²) in [5, 5.41) is 1.39. The molecule has 3 rings (SSSR count). The lowest BCUT2D eigenvalue weighted by atomic mass is 10.2. The second-order valence-electron chi connectivity index (χ2n) is 3.92. The van der Waals surface area contributed by atoms with Crippen LogP contribution in [0.4, 0.5) is 0 Å². The molecular weight excluding hydrogens is 240 g/mol. The van der Waals surface area contributed by atoms with Gasteiger partial charge in [0.2, 0.25) is 5.88 Å². The first-order chi connectivity index (χ1) is 9.33. The third-order valence-corrected chi connectivity index (χ3v) is 2.58. The zero-order valence-electron chi connectivity index (χ0n) is 10.1. The van der Waals surface area contributed by atoms with E-state index in [0.29, 0.717) is 28.9 Å². The van der Waals surface area contributed by atoms with Crippen LogP contribution >= 0.6 is 0 Å². The molecule has 92 valence electrons. The molecule has 0 bridgehead atoms. The van der Waals surface area contributed by atoms with E-state index in [1.807, 2.05) is 12.2 Å². The first-order valence-corrected chi connectivity index (χ1v) is 5.71. The predicted molar refractivity (Wildman–Crippen MR) is 70.5 cm³/mol. The van der Waals surface area contributed by atoms with E-state index in [9.17, 15) is 0 Å². The summed E-state index contributed by atoms with van der Waals surface area (Å²) in [6, 6.07) is 0. The van der Waals surface area contributed by atoms with Crippen LogP contribution in [0.15, 0.2) is 64.5 Å². The number of ether oxygens (including phenoxy) is 1. The molecule has 0 saturated heterocycles. The fourth-order valence-electron chi connectivity index (χ4n) is 1.70. The maximum atomic E-state index is 5.62. The Bertz CT molecular complexity index is 780. The summed E-state index contributed by atoms with van der Waals surface area (Å²) in [7, 11) is 0. The Balaban J connectivity index is 2.18. The summed E-state index contributed by atoms with van der Waals surface area (Å²) in [6.07, 6.45) is 10.3. The van der Waals surface area contributed by atoms with Gasteiger partial charge in [0.15, 0.2) is 0 Å². The molecule has 5 nitrogen and oxygen atoms in total. The van der Waals surface area contributed by atoms with E-state index >= 15 is 0 Å². The zero-order chi connectivity index (χ0) is 13.1. The third kappa shape index (κ3) is 2.41. The molecule has 0 spiro atoms. The van der Waals surface area contributed by atoms with Crippen LogP contribution in [0.1, 0.15) is 0 Å². The van der Waals surface area contributed by atoms with Crippen LogP contribution in [-0.4, -0.2) is 22.4 Å². The van der Waals surface area contributed by atoms with E-state index < -0.39 is 0 Å². The average molecular weight is 250 g/mol. The van der Waals surface area contributed by atoms with E-state index in [2.05, 4.69) is 32.4 Å². The highest BCUT2D eigenvalue weighted by molar-refractivity contribution is 5.59. The number of hydrogen-bond donors (Lipinski definition) is 0. The number of fused-ring (bicyclic) bond motifs is 1. The minimum Gasteiger partial charge on any atom is -0.439 e. The minimum atomic E-state index is 0.437. The van der Waals surface area contributed by atoms with Gasteiger partial charge in [0.25, 0.3) is 0 Å². The van der Waals surface area contributed by atoms with Crippen molar-refractivity contribution in [1.82, 2.24) is 9.97 Å². The Kier molecular flexibility index (Phi) is 2.88. The molecule has 0 atom stereocenters. The molecular formula is C14H10N4O. The summed E-state index contributed by atoms with van der Waals surface area (Å²) >= 11 is 0. The second kappa shape index (κ2) is 4.84. The average Bonchev–Trinajstić information content (AvgIpc) is 2.59. The zero-order valence-corrected chi connectivity index (χ0v) is 10.1. The van der Waals surface area contributed by atoms with Crippen molar-refractivity contribution in [2.75, 3.05) is 6.54 Å². The van der Waals surface area contributed by atoms with Gasteiger partial charge in [0, 0.05) is 11.6 Å². The largest absolute Gasteiger partial charge is 0.439 e. The Morgan fingerprint density at radius 1 is 1.37 bits per heavy atom. The number of nitrogens with zero attached hydrogens (tertiary/aromatic N) is 4. The van der Waals surface area contributed by atoms with Crippen molar-refractivity contribution in [2.45, 2.75) is 0 Å². The van der Waals surface area contributed by atoms with Crippen LogP contribution in [0.5, 0.6) is 0 Å². The van der Waals surface area contributed by atoms with Crippen molar-refractivity contribution in [1.29, 1.82) is 0 Å². The quantitative estimate of drug-likeness (QED) is 0.670. The van der Waals surface area contributed by atoms with Gasteiger partial charge in [-0.05, 0) is 11.9 Å². The van der Waals surface area contributed by atoms with E-state index in [4.69, 9.17) is 4.74 Å².